The smallest absolute Gasteiger partial charge is 0.119 e. The molecule has 0 radical (unpaired) electrons. The summed E-state index contributed by atoms with van der Waals surface area (Å²) in [6.07, 6.45) is -4.96. The molecule has 2 unspecified atom stereocenters. The summed E-state index contributed by atoms with van der Waals surface area (Å²) >= 11 is 0. The van der Waals surface area contributed by atoms with E-state index in [0.717, 1.165) is 31.4 Å². The van der Waals surface area contributed by atoms with Gasteiger partial charge in [0, 0.05) is 29.2 Å². The number of aliphatic hydroxyl groups excluding tert-OH is 1. The topological polar surface area (TPSA) is 50.7 Å². The van der Waals surface area contributed by atoms with Crippen LogP contribution in [0.3, 0.4) is 0 Å². The Morgan fingerprint density at radius 3 is 2.79 bits per heavy atom. The van der Waals surface area contributed by atoms with E-state index in [1.807, 2.05) is 5.32 Å². The maximum Gasteiger partial charge on any atom is 0.119 e. The summed E-state index contributed by atoms with van der Waals surface area (Å²) in [4.78, 5) is 0. The van der Waals surface area contributed by atoms with Crippen molar-refractivity contribution in [2.75, 3.05) is 26.7 Å². The molecule has 0 aliphatic heterocycles. The Labute approximate surface area is 131 Å². The van der Waals surface area contributed by atoms with Gasteiger partial charge in [-0.25, -0.2) is 0 Å². The third kappa shape index (κ3) is 7.15. The molecule has 2 atom stereocenters. The molecule has 2 N–H and O–H groups in total. The number of hydrogen-bond acceptors (Lipinski definition) is 4. The van der Waals surface area contributed by atoms with E-state index in [0.29, 0.717) is 0 Å². The van der Waals surface area contributed by atoms with Crippen molar-refractivity contribution < 1.29 is 29.7 Å². The van der Waals surface area contributed by atoms with Crippen LogP contribution in [0, 0.1) is 0 Å². The van der Waals surface area contributed by atoms with Gasteiger partial charge in [-0.2, -0.15) is 0 Å². The highest BCUT2D eigenvalue weighted by atomic mass is 16.5. The van der Waals surface area contributed by atoms with E-state index in [1.54, 1.807) is 0 Å². The number of aryl methyl sites for hydroxylation is 1. The number of rotatable bonds is 9. The van der Waals surface area contributed by atoms with E-state index in [2.05, 4.69) is 4.74 Å². The van der Waals surface area contributed by atoms with Gasteiger partial charge in [-0.05, 0) is 24.1 Å². The second-order valence-electron chi connectivity index (χ2n) is 3.59. The minimum atomic E-state index is -2.99. The van der Waals surface area contributed by atoms with Gasteiger partial charge in [-0.1, -0.05) is 25.9 Å². The number of hydrogen-bond donors (Lipinski definition) is 2. The van der Waals surface area contributed by atoms with E-state index in [9.17, 15) is 5.11 Å². The molecular weight excluding hydrogens is 242 g/mol. The molecule has 19 heavy (non-hydrogen) atoms. The predicted octanol–water partition coefficient (Wildman–Crippen LogP) is 1.61. The summed E-state index contributed by atoms with van der Waals surface area (Å²) in [5.41, 5.74) is -0.119. The quantitative estimate of drug-likeness (QED) is 0.720. The van der Waals surface area contributed by atoms with Crippen LogP contribution in [0.15, 0.2) is 24.3 Å². The SMILES string of the molecule is [2H]C([2H])([2H])C(C)NC([2H])([2H])C(O)C([2H])([2H])Oc1ccc(C([2H])([2H])C([2H])([2H])OC)cc1. The minimum absolute atomic E-state index is 0.119. The predicted molar refractivity (Wildman–Crippen MR) is 76.7 cm³/mol. The molecule has 4 heteroatoms. The molecule has 1 rings (SSSR count). The molecule has 0 spiro atoms. The lowest BCUT2D eigenvalue weighted by atomic mass is 10.1. The van der Waals surface area contributed by atoms with Crippen LogP contribution >= 0.6 is 0 Å². The molecule has 1 aromatic rings. The minimum Gasteiger partial charge on any atom is -0.491 e. The standard InChI is InChI=1S/C15H25NO3/c1-12(2)16-10-14(17)11-19-15-6-4-13(5-7-15)8-9-18-3/h4-7,12,14,16-17H,8-11H2,1-3H3/i1D3,8D2,9D2,10D2,11D2. The summed E-state index contributed by atoms with van der Waals surface area (Å²) in [5.74, 6) is -0.198. The molecule has 1 aromatic carbocycles. The second-order valence-corrected chi connectivity index (χ2v) is 3.59. The van der Waals surface area contributed by atoms with Gasteiger partial charge in [-0.3, -0.25) is 0 Å². The van der Waals surface area contributed by atoms with Gasteiger partial charge in [0.25, 0.3) is 0 Å². The van der Waals surface area contributed by atoms with Crippen LogP contribution in [-0.2, 0) is 11.1 Å². The molecule has 0 fully saturated rings. The van der Waals surface area contributed by atoms with Gasteiger partial charge < -0.3 is 19.9 Å². The van der Waals surface area contributed by atoms with Crippen LogP contribution in [0.4, 0.5) is 0 Å². The van der Waals surface area contributed by atoms with E-state index >= 15 is 0 Å². The van der Waals surface area contributed by atoms with Crippen molar-refractivity contribution >= 4 is 0 Å². The fourth-order valence-electron chi connectivity index (χ4n) is 1.07. The van der Waals surface area contributed by atoms with Crippen LogP contribution < -0.4 is 10.1 Å². The third-order valence-electron chi connectivity index (χ3n) is 1.88. The van der Waals surface area contributed by atoms with Crippen molar-refractivity contribution in [2.45, 2.75) is 32.3 Å². The molecule has 0 bridgehead atoms. The first-order valence-corrected chi connectivity index (χ1v) is 5.58. The van der Waals surface area contributed by atoms with E-state index in [-0.39, 0.29) is 11.3 Å². The van der Waals surface area contributed by atoms with Crippen molar-refractivity contribution in [1.29, 1.82) is 0 Å². The zero-order valence-corrected chi connectivity index (χ0v) is 10.7. The molecule has 0 aliphatic carbocycles. The van der Waals surface area contributed by atoms with Crippen LogP contribution in [0.5, 0.6) is 5.75 Å². The fourth-order valence-corrected chi connectivity index (χ4v) is 1.07. The lowest BCUT2D eigenvalue weighted by Gasteiger charge is -2.15. The van der Waals surface area contributed by atoms with E-state index in [1.165, 1.54) is 6.92 Å². The van der Waals surface area contributed by atoms with Gasteiger partial charge in [0.2, 0.25) is 0 Å². The number of benzene rings is 1. The van der Waals surface area contributed by atoms with Crippen LogP contribution in [-0.4, -0.2) is 44.0 Å². The van der Waals surface area contributed by atoms with Crippen LogP contribution in [0.2, 0.25) is 0 Å². The lowest BCUT2D eigenvalue weighted by Crippen LogP contribution is -2.35. The van der Waals surface area contributed by atoms with E-state index in [4.69, 9.17) is 19.8 Å². The molecule has 0 aliphatic rings. The van der Waals surface area contributed by atoms with Gasteiger partial charge >= 0.3 is 0 Å². The maximum absolute atomic E-state index is 10.2. The number of aliphatic hydroxyl groups is 1. The molecule has 0 amide bonds. The summed E-state index contributed by atoms with van der Waals surface area (Å²) in [5, 5.41) is 12.2. The zero-order valence-electron chi connectivity index (χ0n) is 21.7. The monoisotopic (exact) mass is 278 g/mol. The van der Waals surface area contributed by atoms with Crippen LogP contribution in [0.1, 0.15) is 34.4 Å². The summed E-state index contributed by atoms with van der Waals surface area (Å²) in [7, 11) is 1.01. The van der Waals surface area contributed by atoms with E-state index < -0.39 is 45.0 Å². The Morgan fingerprint density at radius 1 is 1.42 bits per heavy atom. The van der Waals surface area contributed by atoms with Crippen LogP contribution in [0.25, 0.3) is 0 Å². The molecule has 0 saturated carbocycles. The Hall–Kier alpha value is -1.10. The van der Waals surface area contributed by atoms with Crippen molar-refractivity contribution in [1.82, 2.24) is 5.32 Å². The van der Waals surface area contributed by atoms with Crippen molar-refractivity contribution in [3.8, 4) is 5.75 Å². The van der Waals surface area contributed by atoms with Crippen molar-refractivity contribution in [2.24, 2.45) is 0 Å². The first-order valence-electron chi connectivity index (χ1n) is 11.1. The summed E-state index contributed by atoms with van der Waals surface area (Å²) < 4.78 is 93.6. The Bertz CT molecular complexity index is 707. The van der Waals surface area contributed by atoms with Gasteiger partial charge in [0.1, 0.15) is 18.4 Å². The summed E-state index contributed by atoms with van der Waals surface area (Å²) in [6.45, 7) is -9.90. The molecule has 0 saturated heterocycles. The highest BCUT2D eigenvalue weighted by molar-refractivity contribution is 5.27. The Balaban J connectivity index is 3.01. The normalized spacial score (nSPS) is 26.4. The largest absolute Gasteiger partial charge is 0.491 e. The summed E-state index contributed by atoms with van der Waals surface area (Å²) in [6, 6.07) is 3.14. The number of methoxy groups -OCH3 is 1. The molecule has 0 aromatic heterocycles. The van der Waals surface area contributed by atoms with Gasteiger partial charge in [-0.15, -0.1) is 0 Å². The highest BCUT2D eigenvalue weighted by Crippen LogP contribution is 2.12. The Kier molecular flexibility index (Phi) is 2.87. The number of ether oxygens (including phenoxy) is 2. The third-order valence-corrected chi connectivity index (χ3v) is 1.88. The molecule has 0 heterocycles. The number of nitrogens with one attached hydrogen (secondary N) is 1. The average Bonchev–Trinajstić information content (AvgIpc) is 2.59. The molecule has 108 valence electrons. The fraction of sp³-hybridized carbons (Fsp3) is 0.600. The average molecular weight is 278 g/mol. The van der Waals surface area contributed by atoms with Gasteiger partial charge in [0.15, 0.2) is 0 Å². The van der Waals surface area contributed by atoms with Crippen molar-refractivity contribution in [3.05, 3.63) is 29.8 Å². The zero-order chi connectivity index (χ0) is 23.8. The van der Waals surface area contributed by atoms with Gasteiger partial charge in [0.05, 0.1) is 12.0 Å². The first kappa shape index (κ1) is 6.12. The lowest BCUT2D eigenvalue weighted by molar-refractivity contribution is 0.104. The molecule has 4 nitrogen and oxygen atoms in total. The maximum atomic E-state index is 10.2. The first-order chi connectivity index (χ1) is 13.3. The van der Waals surface area contributed by atoms with Crippen molar-refractivity contribution in [3.63, 3.8) is 0 Å². The molecular formula is C15H25NO3. The second kappa shape index (κ2) is 8.91. The Morgan fingerprint density at radius 2 is 2.16 bits per heavy atom. The highest BCUT2D eigenvalue weighted by Gasteiger charge is 2.05.